The average molecular weight is 379 g/mol. The van der Waals surface area contributed by atoms with Crippen LogP contribution in [0.5, 0.6) is 0 Å². The number of hydrogen-bond donors (Lipinski definition) is 2. The van der Waals surface area contributed by atoms with E-state index in [1.807, 2.05) is 13.8 Å². The topological polar surface area (TPSA) is 55.1 Å². The Morgan fingerprint density at radius 3 is 2.48 bits per heavy atom. The van der Waals surface area contributed by atoms with Crippen molar-refractivity contribution in [1.82, 2.24) is 5.32 Å². The van der Waals surface area contributed by atoms with E-state index in [-0.39, 0.29) is 30.2 Å². The van der Waals surface area contributed by atoms with Crippen LogP contribution in [0.15, 0.2) is 24.3 Å². The molecule has 0 saturated heterocycles. The third-order valence-corrected chi connectivity index (χ3v) is 4.97. The van der Waals surface area contributed by atoms with Gasteiger partial charge in [-0.3, -0.25) is 4.79 Å². The molecule has 1 aliphatic rings. The van der Waals surface area contributed by atoms with Gasteiger partial charge in [-0.2, -0.15) is 13.2 Å². The van der Waals surface area contributed by atoms with Crippen LogP contribution in [0.3, 0.4) is 0 Å². The van der Waals surface area contributed by atoms with Crippen LogP contribution in [-0.2, 0) is 16.4 Å². The quantitative estimate of drug-likeness (QED) is 0.816. The molecule has 7 heteroatoms. The lowest BCUT2D eigenvalue weighted by Gasteiger charge is -2.28. The predicted molar refractivity (Wildman–Crippen MR) is 94.6 cm³/mol. The number of halogens is 4. The van der Waals surface area contributed by atoms with Gasteiger partial charge in [0, 0.05) is 17.9 Å². The molecule has 0 spiro atoms. The van der Waals surface area contributed by atoms with Gasteiger partial charge in [0.15, 0.2) is 0 Å². The molecule has 25 heavy (non-hydrogen) atoms. The summed E-state index contributed by atoms with van der Waals surface area (Å²) in [5.41, 5.74) is 5.00. The van der Waals surface area contributed by atoms with Crippen LogP contribution in [0, 0.1) is 11.8 Å². The molecule has 0 radical (unpaired) electrons. The fraction of sp³-hybridized carbons (Fsp3) is 0.611. The van der Waals surface area contributed by atoms with Crippen LogP contribution in [0.1, 0.15) is 44.2 Å². The maximum absolute atomic E-state index is 12.9. The van der Waals surface area contributed by atoms with E-state index < -0.39 is 17.2 Å². The van der Waals surface area contributed by atoms with E-state index >= 15 is 0 Å². The van der Waals surface area contributed by atoms with Gasteiger partial charge in [-0.1, -0.05) is 38.5 Å². The van der Waals surface area contributed by atoms with Crippen molar-refractivity contribution in [3.8, 4) is 0 Å². The summed E-state index contributed by atoms with van der Waals surface area (Å²) in [5, 5.41) is 2.91. The van der Waals surface area contributed by atoms with Crippen molar-refractivity contribution in [1.29, 1.82) is 0 Å². The molecule has 142 valence electrons. The number of amides is 1. The minimum Gasteiger partial charge on any atom is -0.355 e. The summed E-state index contributed by atoms with van der Waals surface area (Å²) in [6, 6.07) is 5.29. The molecule has 1 aromatic rings. The second-order valence-electron chi connectivity index (χ2n) is 7.21. The Morgan fingerprint density at radius 2 is 1.88 bits per heavy atom. The fourth-order valence-electron chi connectivity index (χ4n) is 3.32. The van der Waals surface area contributed by atoms with Crippen molar-refractivity contribution in [2.75, 3.05) is 13.1 Å². The van der Waals surface area contributed by atoms with E-state index in [2.05, 4.69) is 5.32 Å². The zero-order valence-electron chi connectivity index (χ0n) is 14.5. The van der Waals surface area contributed by atoms with E-state index in [4.69, 9.17) is 5.73 Å². The largest absolute Gasteiger partial charge is 0.416 e. The summed E-state index contributed by atoms with van der Waals surface area (Å²) >= 11 is 0. The number of benzene rings is 1. The Bertz CT molecular complexity index is 590. The summed E-state index contributed by atoms with van der Waals surface area (Å²) in [7, 11) is 0. The second-order valence-corrected chi connectivity index (χ2v) is 7.21. The van der Waals surface area contributed by atoms with Crippen LogP contribution in [-0.4, -0.2) is 19.0 Å². The molecule has 0 unspecified atom stereocenters. The molecule has 2 atom stereocenters. The van der Waals surface area contributed by atoms with Gasteiger partial charge in [-0.05, 0) is 36.9 Å². The SMILES string of the molecule is CC(C)(CNC(=O)[C@@H]1CCC[C@@H]1CN)c1cccc(C(F)(F)F)c1.Cl. The third kappa shape index (κ3) is 5.35. The monoisotopic (exact) mass is 378 g/mol. The second kappa shape index (κ2) is 8.41. The average Bonchev–Trinajstić information content (AvgIpc) is 3.00. The Morgan fingerprint density at radius 1 is 1.24 bits per heavy atom. The molecule has 1 amide bonds. The molecule has 3 nitrogen and oxygen atoms in total. The Balaban J connectivity index is 0.00000312. The standard InChI is InChI=1S/C18H25F3N2O.ClH/c1-17(2,13-6-4-7-14(9-13)18(19,20)21)11-23-16(24)15-8-3-5-12(15)10-22;/h4,6-7,9,12,15H,3,5,8,10-11,22H2,1-2H3,(H,23,24);1H/t12-,15-;/m1./s1. The van der Waals surface area contributed by atoms with Gasteiger partial charge in [0.05, 0.1) is 5.56 Å². The number of carbonyl (C=O) groups is 1. The Kier molecular flexibility index (Phi) is 7.32. The Hall–Kier alpha value is -1.27. The number of nitrogens with one attached hydrogen (secondary N) is 1. The zero-order chi connectivity index (χ0) is 18.0. The summed E-state index contributed by atoms with van der Waals surface area (Å²) in [6.07, 6.45) is -1.58. The van der Waals surface area contributed by atoms with Crippen LogP contribution >= 0.6 is 12.4 Å². The number of hydrogen-bond acceptors (Lipinski definition) is 2. The van der Waals surface area contributed by atoms with Gasteiger partial charge in [0.2, 0.25) is 5.91 Å². The third-order valence-electron chi connectivity index (χ3n) is 4.97. The minimum atomic E-state index is -4.37. The lowest BCUT2D eigenvalue weighted by molar-refractivity contribution is -0.137. The number of nitrogens with two attached hydrogens (primary N) is 1. The highest BCUT2D eigenvalue weighted by atomic mass is 35.5. The first-order valence-corrected chi connectivity index (χ1v) is 8.30. The molecular weight excluding hydrogens is 353 g/mol. The summed E-state index contributed by atoms with van der Waals surface area (Å²) in [6.45, 7) is 4.45. The van der Waals surface area contributed by atoms with Crippen molar-refractivity contribution in [2.45, 2.75) is 44.7 Å². The first kappa shape index (κ1) is 21.8. The van der Waals surface area contributed by atoms with E-state index in [1.165, 1.54) is 6.07 Å². The van der Waals surface area contributed by atoms with Gasteiger partial charge in [-0.25, -0.2) is 0 Å². The van der Waals surface area contributed by atoms with Crippen LogP contribution in [0.4, 0.5) is 13.2 Å². The maximum atomic E-state index is 12.9. The van der Waals surface area contributed by atoms with Crippen molar-refractivity contribution >= 4 is 18.3 Å². The summed E-state index contributed by atoms with van der Waals surface area (Å²) in [5.74, 6) is 0.0944. The van der Waals surface area contributed by atoms with Crippen molar-refractivity contribution in [2.24, 2.45) is 17.6 Å². The molecule has 1 aromatic carbocycles. The lowest BCUT2D eigenvalue weighted by Crippen LogP contribution is -2.41. The highest BCUT2D eigenvalue weighted by Crippen LogP contribution is 2.33. The molecular formula is C18H26ClF3N2O. The first-order chi connectivity index (χ1) is 11.1. The number of carbonyl (C=O) groups excluding carboxylic acids is 1. The van der Waals surface area contributed by atoms with Crippen molar-refractivity contribution in [3.63, 3.8) is 0 Å². The highest BCUT2D eigenvalue weighted by molar-refractivity contribution is 5.85. The molecule has 2 rings (SSSR count). The number of rotatable bonds is 5. The van der Waals surface area contributed by atoms with E-state index in [0.717, 1.165) is 31.4 Å². The predicted octanol–water partition coefficient (Wildman–Crippen LogP) is 3.90. The maximum Gasteiger partial charge on any atom is 0.416 e. The molecule has 1 fully saturated rings. The van der Waals surface area contributed by atoms with Gasteiger partial charge < -0.3 is 11.1 Å². The van der Waals surface area contributed by atoms with Crippen LogP contribution < -0.4 is 11.1 Å². The smallest absolute Gasteiger partial charge is 0.355 e. The van der Waals surface area contributed by atoms with Gasteiger partial charge in [0.1, 0.15) is 0 Å². The van der Waals surface area contributed by atoms with Crippen molar-refractivity contribution in [3.05, 3.63) is 35.4 Å². The molecule has 0 bridgehead atoms. The molecule has 3 N–H and O–H groups in total. The van der Waals surface area contributed by atoms with E-state index in [1.54, 1.807) is 6.07 Å². The van der Waals surface area contributed by atoms with E-state index in [0.29, 0.717) is 18.7 Å². The van der Waals surface area contributed by atoms with Crippen LogP contribution in [0.25, 0.3) is 0 Å². The minimum absolute atomic E-state index is 0. The Labute approximate surface area is 153 Å². The molecule has 0 aromatic heterocycles. The molecule has 1 aliphatic carbocycles. The highest BCUT2D eigenvalue weighted by Gasteiger charge is 2.34. The molecule has 0 heterocycles. The summed E-state index contributed by atoms with van der Waals surface area (Å²) < 4.78 is 38.6. The summed E-state index contributed by atoms with van der Waals surface area (Å²) in [4.78, 5) is 12.4. The molecule has 0 aliphatic heterocycles. The van der Waals surface area contributed by atoms with Gasteiger partial charge >= 0.3 is 6.18 Å². The zero-order valence-corrected chi connectivity index (χ0v) is 15.3. The lowest BCUT2D eigenvalue weighted by atomic mass is 9.83. The van der Waals surface area contributed by atoms with E-state index in [9.17, 15) is 18.0 Å². The van der Waals surface area contributed by atoms with Crippen molar-refractivity contribution < 1.29 is 18.0 Å². The number of alkyl halides is 3. The molecule has 1 saturated carbocycles. The first-order valence-electron chi connectivity index (χ1n) is 8.30. The normalized spacial score (nSPS) is 20.9. The fourth-order valence-corrected chi connectivity index (χ4v) is 3.32. The van der Waals surface area contributed by atoms with Gasteiger partial charge in [-0.15, -0.1) is 12.4 Å². The van der Waals surface area contributed by atoms with Crippen LogP contribution in [0.2, 0.25) is 0 Å². The van der Waals surface area contributed by atoms with Gasteiger partial charge in [0.25, 0.3) is 0 Å².